The molecule has 0 amide bonds. The summed E-state index contributed by atoms with van der Waals surface area (Å²) in [5.41, 5.74) is 1.38. The van der Waals surface area contributed by atoms with Gasteiger partial charge in [-0.25, -0.2) is 0 Å². The van der Waals surface area contributed by atoms with E-state index < -0.39 is 0 Å². The van der Waals surface area contributed by atoms with Crippen LogP contribution in [0.2, 0.25) is 0 Å². The monoisotopic (exact) mass is 274 g/mol. The van der Waals surface area contributed by atoms with Crippen LogP contribution in [0.4, 0.5) is 0 Å². The summed E-state index contributed by atoms with van der Waals surface area (Å²) in [4.78, 5) is 2.64. The van der Waals surface area contributed by atoms with E-state index in [2.05, 4.69) is 48.3 Å². The van der Waals surface area contributed by atoms with Crippen LogP contribution in [0.25, 0.3) is 0 Å². The summed E-state index contributed by atoms with van der Waals surface area (Å²) in [5, 5.41) is 3.69. The molecule has 3 atom stereocenters. The highest BCUT2D eigenvalue weighted by Crippen LogP contribution is 2.36. The lowest BCUT2D eigenvalue weighted by atomic mass is 10.0. The molecule has 0 spiro atoms. The molecule has 0 aromatic heterocycles. The fourth-order valence-corrected chi connectivity index (χ4v) is 3.43. The van der Waals surface area contributed by atoms with Gasteiger partial charge in [0.2, 0.25) is 0 Å². The van der Waals surface area contributed by atoms with Crippen molar-refractivity contribution < 1.29 is 4.74 Å². The Morgan fingerprint density at radius 1 is 1.35 bits per heavy atom. The summed E-state index contributed by atoms with van der Waals surface area (Å²) in [5.74, 6) is 1.77. The Morgan fingerprint density at radius 3 is 3.05 bits per heavy atom. The van der Waals surface area contributed by atoms with Crippen molar-refractivity contribution in [2.75, 3.05) is 26.2 Å². The summed E-state index contributed by atoms with van der Waals surface area (Å²) < 4.78 is 5.87. The average molecular weight is 274 g/mol. The minimum atomic E-state index is 0.448. The molecular weight excluding hydrogens is 248 g/mol. The van der Waals surface area contributed by atoms with Crippen molar-refractivity contribution in [3.63, 3.8) is 0 Å². The third-order valence-electron chi connectivity index (χ3n) is 4.67. The lowest BCUT2D eigenvalue weighted by Crippen LogP contribution is -2.44. The van der Waals surface area contributed by atoms with Gasteiger partial charge in [0.25, 0.3) is 0 Å². The molecule has 2 heterocycles. The molecule has 3 nitrogen and oxygen atoms in total. The van der Waals surface area contributed by atoms with Gasteiger partial charge in [-0.1, -0.05) is 32.0 Å². The Bertz CT molecular complexity index is 448. The van der Waals surface area contributed by atoms with Crippen molar-refractivity contribution in [1.82, 2.24) is 10.2 Å². The zero-order valence-corrected chi connectivity index (χ0v) is 12.6. The number of rotatable bonds is 2. The molecule has 3 unspecified atom stereocenters. The third-order valence-corrected chi connectivity index (χ3v) is 4.67. The highest BCUT2D eigenvalue weighted by Gasteiger charge is 2.31. The standard InChI is InChI=1S/C17H26N2O/c1-3-14-8-9-19(11-13(2)10-18-14)16-12-20-17-7-5-4-6-15(16)17/h4-7,13-14,16,18H,3,8-12H2,1-2H3. The van der Waals surface area contributed by atoms with Crippen molar-refractivity contribution >= 4 is 0 Å². The van der Waals surface area contributed by atoms with Crippen LogP contribution in [-0.4, -0.2) is 37.2 Å². The van der Waals surface area contributed by atoms with Gasteiger partial charge in [0.15, 0.2) is 0 Å². The lowest BCUT2D eigenvalue weighted by molar-refractivity contribution is 0.124. The van der Waals surface area contributed by atoms with Crippen LogP contribution in [0.3, 0.4) is 0 Å². The van der Waals surface area contributed by atoms with E-state index in [1.165, 1.54) is 18.4 Å². The fraction of sp³-hybridized carbons (Fsp3) is 0.647. The Hall–Kier alpha value is -1.06. The van der Waals surface area contributed by atoms with Gasteiger partial charge in [0, 0.05) is 24.7 Å². The average Bonchev–Trinajstić information content (AvgIpc) is 2.87. The zero-order chi connectivity index (χ0) is 13.9. The van der Waals surface area contributed by atoms with E-state index in [1.807, 2.05) is 0 Å². The van der Waals surface area contributed by atoms with Crippen LogP contribution in [0.15, 0.2) is 24.3 Å². The van der Waals surface area contributed by atoms with E-state index in [1.54, 1.807) is 0 Å². The first-order valence-corrected chi connectivity index (χ1v) is 7.97. The maximum Gasteiger partial charge on any atom is 0.124 e. The summed E-state index contributed by atoms with van der Waals surface area (Å²) in [6.45, 7) is 8.90. The van der Waals surface area contributed by atoms with Crippen LogP contribution in [-0.2, 0) is 0 Å². The van der Waals surface area contributed by atoms with Crippen LogP contribution >= 0.6 is 0 Å². The number of nitrogens with one attached hydrogen (secondary N) is 1. The quantitative estimate of drug-likeness (QED) is 0.897. The second-order valence-electron chi connectivity index (χ2n) is 6.27. The Kier molecular flexibility index (Phi) is 4.27. The SMILES string of the molecule is CCC1CCN(C2COc3ccccc32)CC(C)CN1. The first-order valence-electron chi connectivity index (χ1n) is 7.97. The normalized spacial score (nSPS) is 31.2. The number of nitrogens with zero attached hydrogens (tertiary/aromatic N) is 1. The van der Waals surface area contributed by atoms with Gasteiger partial charge in [-0.15, -0.1) is 0 Å². The molecule has 0 radical (unpaired) electrons. The van der Waals surface area contributed by atoms with E-state index >= 15 is 0 Å². The molecule has 110 valence electrons. The lowest BCUT2D eigenvalue weighted by Gasteiger charge is -2.35. The first kappa shape index (κ1) is 13.9. The zero-order valence-electron chi connectivity index (χ0n) is 12.6. The molecule has 0 bridgehead atoms. The molecule has 1 saturated heterocycles. The molecule has 3 heteroatoms. The maximum absolute atomic E-state index is 5.87. The molecule has 2 aliphatic heterocycles. The number of ether oxygens (including phenoxy) is 1. The first-order chi connectivity index (χ1) is 9.78. The van der Waals surface area contributed by atoms with Gasteiger partial charge in [-0.05, 0) is 31.4 Å². The topological polar surface area (TPSA) is 24.5 Å². The van der Waals surface area contributed by atoms with Gasteiger partial charge < -0.3 is 10.1 Å². The third kappa shape index (κ3) is 2.84. The number of hydrogen-bond acceptors (Lipinski definition) is 3. The Labute approximate surface area is 122 Å². The summed E-state index contributed by atoms with van der Waals surface area (Å²) in [6.07, 6.45) is 2.46. The molecule has 1 aromatic rings. The molecule has 1 fully saturated rings. The predicted octanol–water partition coefficient (Wildman–Crippen LogP) is 2.83. The predicted molar refractivity (Wildman–Crippen MR) is 82.1 cm³/mol. The second-order valence-corrected chi connectivity index (χ2v) is 6.27. The molecular formula is C17H26N2O. The maximum atomic E-state index is 5.87. The highest BCUT2D eigenvalue weighted by atomic mass is 16.5. The minimum absolute atomic E-state index is 0.448. The van der Waals surface area contributed by atoms with Crippen LogP contribution < -0.4 is 10.1 Å². The van der Waals surface area contributed by atoms with Crippen molar-refractivity contribution in [3.05, 3.63) is 29.8 Å². The molecule has 1 N–H and O–H groups in total. The van der Waals surface area contributed by atoms with Crippen molar-refractivity contribution in [2.45, 2.75) is 38.8 Å². The number of fused-ring (bicyclic) bond motifs is 1. The number of benzene rings is 1. The van der Waals surface area contributed by atoms with E-state index in [9.17, 15) is 0 Å². The molecule has 20 heavy (non-hydrogen) atoms. The second kappa shape index (κ2) is 6.15. The van der Waals surface area contributed by atoms with E-state index in [0.29, 0.717) is 18.0 Å². The van der Waals surface area contributed by atoms with Crippen molar-refractivity contribution in [2.24, 2.45) is 5.92 Å². The van der Waals surface area contributed by atoms with Gasteiger partial charge >= 0.3 is 0 Å². The molecule has 2 aliphatic rings. The van der Waals surface area contributed by atoms with Gasteiger partial charge in [-0.2, -0.15) is 0 Å². The highest BCUT2D eigenvalue weighted by molar-refractivity contribution is 5.39. The van der Waals surface area contributed by atoms with Crippen molar-refractivity contribution in [1.29, 1.82) is 0 Å². The van der Waals surface area contributed by atoms with E-state index in [-0.39, 0.29) is 0 Å². The molecule has 1 aromatic carbocycles. The number of para-hydroxylation sites is 1. The Morgan fingerprint density at radius 2 is 2.20 bits per heavy atom. The fourth-order valence-electron chi connectivity index (χ4n) is 3.43. The number of hydrogen-bond donors (Lipinski definition) is 1. The summed E-state index contributed by atoms with van der Waals surface area (Å²) >= 11 is 0. The summed E-state index contributed by atoms with van der Waals surface area (Å²) in [7, 11) is 0. The molecule has 0 aliphatic carbocycles. The Balaban J connectivity index is 1.75. The summed E-state index contributed by atoms with van der Waals surface area (Å²) in [6, 6.07) is 9.63. The van der Waals surface area contributed by atoms with Gasteiger partial charge in [0.1, 0.15) is 12.4 Å². The van der Waals surface area contributed by atoms with Crippen LogP contribution in [0.5, 0.6) is 5.75 Å². The van der Waals surface area contributed by atoms with Crippen LogP contribution in [0.1, 0.15) is 38.3 Å². The van der Waals surface area contributed by atoms with Crippen LogP contribution in [0, 0.1) is 5.92 Å². The largest absolute Gasteiger partial charge is 0.491 e. The van der Waals surface area contributed by atoms with Gasteiger partial charge in [0.05, 0.1) is 6.04 Å². The van der Waals surface area contributed by atoms with Crippen molar-refractivity contribution in [3.8, 4) is 5.75 Å². The molecule has 0 saturated carbocycles. The molecule has 3 rings (SSSR count). The van der Waals surface area contributed by atoms with Gasteiger partial charge in [-0.3, -0.25) is 4.90 Å². The minimum Gasteiger partial charge on any atom is -0.491 e. The smallest absolute Gasteiger partial charge is 0.124 e. The van der Waals surface area contributed by atoms with E-state index in [4.69, 9.17) is 4.74 Å². The van der Waals surface area contributed by atoms with E-state index in [0.717, 1.165) is 32.0 Å².